The molecule has 6 heteroatoms. The maximum absolute atomic E-state index is 12.8. The molecule has 0 aromatic rings. The van der Waals surface area contributed by atoms with Crippen molar-refractivity contribution >= 4 is 17.9 Å². The minimum Gasteiger partial charge on any atom is -0.462 e. The lowest BCUT2D eigenvalue weighted by Gasteiger charge is -2.18. The van der Waals surface area contributed by atoms with Gasteiger partial charge in [0.2, 0.25) is 0 Å². The molecule has 0 heterocycles. The van der Waals surface area contributed by atoms with Crippen molar-refractivity contribution < 1.29 is 28.6 Å². The monoisotopic (exact) mass is 849 g/mol. The molecule has 60 heavy (non-hydrogen) atoms. The SMILES string of the molecule is CCCCCCCCCCCCCCCC(=O)O[C@H](COC(=O)CCCCCCCCCCCCCCCCCCC(C)C)COC(=O)CCCCCCCCC(C)CC. The van der Waals surface area contributed by atoms with Gasteiger partial charge in [-0.15, -0.1) is 0 Å². The average molecular weight is 849 g/mol. The van der Waals surface area contributed by atoms with Crippen molar-refractivity contribution in [1.29, 1.82) is 0 Å². The van der Waals surface area contributed by atoms with Crippen LogP contribution in [0.5, 0.6) is 0 Å². The van der Waals surface area contributed by atoms with Crippen LogP contribution in [0.3, 0.4) is 0 Å². The van der Waals surface area contributed by atoms with Gasteiger partial charge in [0.25, 0.3) is 0 Å². The van der Waals surface area contributed by atoms with Crippen LogP contribution >= 0.6 is 0 Å². The number of carbonyl (C=O) groups is 3. The van der Waals surface area contributed by atoms with E-state index in [1.807, 2.05) is 0 Å². The van der Waals surface area contributed by atoms with Gasteiger partial charge < -0.3 is 14.2 Å². The number of hydrogen-bond donors (Lipinski definition) is 0. The molecule has 0 saturated heterocycles. The van der Waals surface area contributed by atoms with E-state index in [2.05, 4.69) is 34.6 Å². The van der Waals surface area contributed by atoms with Gasteiger partial charge >= 0.3 is 17.9 Å². The van der Waals surface area contributed by atoms with Crippen molar-refractivity contribution in [2.24, 2.45) is 11.8 Å². The molecular formula is C54H104O6. The average Bonchev–Trinajstić information content (AvgIpc) is 3.23. The molecule has 0 bridgehead atoms. The molecule has 0 saturated carbocycles. The summed E-state index contributed by atoms with van der Waals surface area (Å²) >= 11 is 0. The maximum Gasteiger partial charge on any atom is 0.306 e. The molecular weight excluding hydrogens is 745 g/mol. The Balaban J connectivity index is 4.24. The summed E-state index contributed by atoms with van der Waals surface area (Å²) in [5.41, 5.74) is 0. The lowest BCUT2D eigenvalue weighted by molar-refractivity contribution is -0.167. The molecule has 0 aliphatic rings. The minimum absolute atomic E-state index is 0.0639. The third-order valence-electron chi connectivity index (χ3n) is 12.6. The Morgan fingerprint density at radius 3 is 0.950 bits per heavy atom. The number of rotatable bonds is 48. The third-order valence-corrected chi connectivity index (χ3v) is 12.6. The highest BCUT2D eigenvalue weighted by atomic mass is 16.6. The van der Waals surface area contributed by atoms with Crippen LogP contribution in [0.25, 0.3) is 0 Å². The fourth-order valence-electron chi connectivity index (χ4n) is 8.13. The number of esters is 3. The van der Waals surface area contributed by atoms with Gasteiger partial charge in [0, 0.05) is 19.3 Å². The Kier molecular flexibility index (Phi) is 45.7. The van der Waals surface area contributed by atoms with Crippen LogP contribution in [-0.2, 0) is 28.6 Å². The van der Waals surface area contributed by atoms with E-state index in [-0.39, 0.29) is 31.1 Å². The fraction of sp³-hybridized carbons (Fsp3) is 0.944. The van der Waals surface area contributed by atoms with Crippen LogP contribution in [0.1, 0.15) is 298 Å². The van der Waals surface area contributed by atoms with E-state index in [0.29, 0.717) is 19.3 Å². The predicted octanol–water partition coefficient (Wildman–Crippen LogP) is 17.3. The van der Waals surface area contributed by atoms with Crippen molar-refractivity contribution in [2.75, 3.05) is 13.2 Å². The molecule has 0 radical (unpaired) electrons. The molecule has 0 aliphatic heterocycles. The van der Waals surface area contributed by atoms with E-state index in [1.54, 1.807) is 0 Å². The van der Waals surface area contributed by atoms with Crippen LogP contribution in [0.2, 0.25) is 0 Å². The first-order valence-electron chi connectivity index (χ1n) is 26.8. The number of hydrogen-bond acceptors (Lipinski definition) is 6. The highest BCUT2D eigenvalue weighted by Gasteiger charge is 2.19. The fourth-order valence-corrected chi connectivity index (χ4v) is 8.13. The summed E-state index contributed by atoms with van der Waals surface area (Å²) in [6, 6.07) is 0. The molecule has 6 nitrogen and oxygen atoms in total. The van der Waals surface area contributed by atoms with E-state index < -0.39 is 6.10 Å². The second-order valence-electron chi connectivity index (χ2n) is 19.2. The van der Waals surface area contributed by atoms with Crippen molar-refractivity contribution in [3.05, 3.63) is 0 Å². The lowest BCUT2D eigenvalue weighted by Crippen LogP contribution is -2.30. The summed E-state index contributed by atoms with van der Waals surface area (Å²) in [7, 11) is 0. The van der Waals surface area contributed by atoms with Crippen LogP contribution in [0.4, 0.5) is 0 Å². The zero-order valence-electron chi connectivity index (χ0n) is 41.1. The first-order valence-corrected chi connectivity index (χ1v) is 26.8. The van der Waals surface area contributed by atoms with Crippen molar-refractivity contribution in [3.8, 4) is 0 Å². The molecule has 0 aromatic carbocycles. The quantitative estimate of drug-likeness (QED) is 0.0345. The number of unbranched alkanes of at least 4 members (excludes halogenated alkanes) is 32. The van der Waals surface area contributed by atoms with E-state index in [9.17, 15) is 14.4 Å². The largest absolute Gasteiger partial charge is 0.462 e. The molecule has 2 atom stereocenters. The molecule has 356 valence electrons. The van der Waals surface area contributed by atoms with Gasteiger partial charge in [-0.1, -0.05) is 259 Å². The molecule has 0 spiro atoms. The molecule has 0 rings (SSSR count). The summed E-state index contributed by atoms with van der Waals surface area (Å²) in [4.78, 5) is 37.9. The standard InChI is InChI=1S/C54H104O6/c1-6-8-9-10-11-12-13-18-23-26-29-36-41-46-54(57)60-51(48-59-53(56)45-40-35-31-30-33-38-43-50(5)7-2)47-58-52(55)44-39-34-28-25-22-20-17-15-14-16-19-21-24-27-32-37-42-49(3)4/h49-51H,6-48H2,1-5H3/t50?,51-/m1/s1. The van der Waals surface area contributed by atoms with Gasteiger partial charge in [-0.2, -0.15) is 0 Å². The van der Waals surface area contributed by atoms with Gasteiger partial charge in [-0.3, -0.25) is 14.4 Å². The molecule has 0 aromatic heterocycles. The van der Waals surface area contributed by atoms with Gasteiger partial charge in [0.1, 0.15) is 13.2 Å². The normalized spacial score (nSPS) is 12.5. The van der Waals surface area contributed by atoms with Crippen molar-refractivity contribution in [1.82, 2.24) is 0 Å². The van der Waals surface area contributed by atoms with Gasteiger partial charge in [0.05, 0.1) is 0 Å². The molecule has 0 fully saturated rings. The number of carbonyl (C=O) groups excluding carboxylic acids is 3. The summed E-state index contributed by atoms with van der Waals surface area (Å²) < 4.78 is 16.8. The van der Waals surface area contributed by atoms with Crippen molar-refractivity contribution in [2.45, 2.75) is 304 Å². The lowest BCUT2D eigenvalue weighted by atomic mass is 10.00. The first kappa shape index (κ1) is 58.4. The first-order chi connectivity index (χ1) is 29.3. The zero-order chi connectivity index (χ0) is 44.0. The maximum atomic E-state index is 12.8. The summed E-state index contributed by atoms with van der Waals surface area (Å²) in [6.07, 6.45) is 48.1. The van der Waals surface area contributed by atoms with Crippen LogP contribution in [0.15, 0.2) is 0 Å². The summed E-state index contributed by atoms with van der Waals surface area (Å²) in [6.45, 7) is 11.4. The van der Waals surface area contributed by atoms with Crippen molar-refractivity contribution in [3.63, 3.8) is 0 Å². The second-order valence-corrected chi connectivity index (χ2v) is 19.2. The topological polar surface area (TPSA) is 78.9 Å². The Bertz CT molecular complexity index is 918. The highest BCUT2D eigenvalue weighted by Crippen LogP contribution is 2.18. The highest BCUT2D eigenvalue weighted by molar-refractivity contribution is 5.71. The van der Waals surface area contributed by atoms with Gasteiger partial charge in [-0.05, 0) is 31.1 Å². The zero-order valence-corrected chi connectivity index (χ0v) is 41.1. The van der Waals surface area contributed by atoms with E-state index in [1.165, 1.54) is 186 Å². The Morgan fingerprint density at radius 1 is 0.350 bits per heavy atom. The van der Waals surface area contributed by atoms with E-state index in [4.69, 9.17) is 14.2 Å². The Morgan fingerprint density at radius 2 is 0.633 bits per heavy atom. The summed E-state index contributed by atoms with van der Waals surface area (Å²) in [5, 5.41) is 0. The van der Waals surface area contributed by atoms with E-state index in [0.717, 1.165) is 69.6 Å². The van der Waals surface area contributed by atoms with Crippen LogP contribution in [0, 0.1) is 11.8 Å². The Labute approximate surface area is 374 Å². The van der Waals surface area contributed by atoms with E-state index >= 15 is 0 Å². The smallest absolute Gasteiger partial charge is 0.306 e. The minimum atomic E-state index is -0.762. The van der Waals surface area contributed by atoms with Crippen LogP contribution < -0.4 is 0 Å². The van der Waals surface area contributed by atoms with Gasteiger partial charge in [0.15, 0.2) is 6.10 Å². The number of ether oxygens (including phenoxy) is 3. The molecule has 0 amide bonds. The molecule has 0 aliphatic carbocycles. The predicted molar refractivity (Wildman–Crippen MR) is 256 cm³/mol. The molecule has 0 N–H and O–H groups in total. The third kappa shape index (κ3) is 45.9. The second kappa shape index (κ2) is 46.9. The Hall–Kier alpha value is -1.59. The molecule has 1 unspecified atom stereocenters. The summed E-state index contributed by atoms with van der Waals surface area (Å²) in [5.74, 6) is 0.819. The van der Waals surface area contributed by atoms with Gasteiger partial charge in [-0.25, -0.2) is 0 Å². The van der Waals surface area contributed by atoms with Crippen LogP contribution in [-0.4, -0.2) is 37.2 Å².